The highest BCUT2D eigenvalue weighted by Gasteiger charge is 2.20. The normalized spacial score (nSPS) is 15.0. The lowest BCUT2D eigenvalue weighted by atomic mass is 10.1. The fourth-order valence-corrected chi connectivity index (χ4v) is 3.49. The number of hydrogen-bond donors (Lipinski definition) is 2. The highest BCUT2D eigenvalue weighted by Crippen LogP contribution is 2.22. The molecule has 0 unspecified atom stereocenters. The van der Waals surface area contributed by atoms with Crippen molar-refractivity contribution in [2.75, 3.05) is 18.0 Å². The molecular formula is C19H24Cl2N4O. The number of hydrogen-bond acceptors (Lipinski definition) is 4. The lowest BCUT2D eigenvalue weighted by Crippen LogP contribution is -2.28. The molecule has 0 radical (unpaired) electrons. The van der Waals surface area contributed by atoms with Crippen molar-refractivity contribution in [2.24, 2.45) is 0 Å². The first-order valence-corrected chi connectivity index (χ1v) is 8.61. The molecule has 2 aliphatic rings. The number of aromatic nitrogens is 1. The largest absolute Gasteiger partial charge is 0.356 e. The Labute approximate surface area is 166 Å². The van der Waals surface area contributed by atoms with Gasteiger partial charge in [-0.15, -0.1) is 24.8 Å². The van der Waals surface area contributed by atoms with E-state index in [-0.39, 0.29) is 30.7 Å². The zero-order valence-electron chi connectivity index (χ0n) is 14.5. The Morgan fingerprint density at radius 3 is 2.69 bits per heavy atom. The third-order valence-electron chi connectivity index (χ3n) is 4.79. The van der Waals surface area contributed by atoms with E-state index in [0.29, 0.717) is 12.1 Å². The summed E-state index contributed by atoms with van der Waals surface area (Å²) in [4.78, 5) is 19.3. The Morgan fingerprint density at radius 2 is 1.88 bits per heavy atom. The number of carbonyl (C=O) groups excluding carboxylic acids is 1. The molecule has 26 heavy (non-hydrogen) atoms. The van der Waals surface area contributed by atoms with E-state index >= 15 is 0 Å². The van der Waals surface area contributed by atoms with Crippen LogP contribution < -0.4 is 15.5 Å². The standard InChI is InChI=1S/C19H22N4O.2ClH/c24-19(17-4-3-7-21-18(17)23-8-1-2-9-23)22-11-14-5-6-15-12-20-13-16(15)10-14;;/h3-7,10,20H,1-2,8-9,11-13H2,(H,22,24);2*1H. The minimum atomic E-state index is -0.0522. The summed E-state index contributed by atoms with van der Waals surface area (Å²) in [5.41, 5.74) is 4.49. The first-order valence-electron chi connectivity index (χ1n) is 8.61. The molecule has 0 bridgehead atoms. The number of carbonyl (C=O) groups is 1. The molecule has 2 N–H and O–H groups in total. The number of amides is 1. The highest BCUT2D eigenvalue weighted by molar-refractivity contribution is 5.98. The van der Waals surface area contributed by atoms with Crippen LogP contribution in [0.2, 0.25) is 0 Å². The molecule has 1 aromatic carbocycles. The van der Waals surface area contributed by atoms with Crippen molar-refractivity contribution in [1.29, 1.82) is 0 Å². The molecule has 2 aromatic rings. The molecule has 0 aliphatic carbocycles. The zero-order valence-corrected chi connectivity index (χ0v) is 16.2. The predicted octanol–water partition coefficient (Wildman–Crippen LogP) is 3.06. The lowest BCUT2D eigenvalue weighted by Gasteiger charge is -2.19. The van der Waals surface area contributed by atoms with Crippen LogP contribution in [0.4, 0.5) is 5.82 Å². The van der Waals surface area contributed by atoms with Gasteiger partial charge in [0.2, 0.25) is 0 Å². The maximum Gasteiger partial charge on any atom is 0.255 e. The number of anilines is 1. The molecule has 0 atom stereocenters. The van der Waals surface area contributed by atoms with Gasteiger partial charge < -0.3 is 15.5 Å². The van der Waals surface area contributed by atoms with Crippen molar-refractivity contribution in [3.05, 3.63) is 58.8 Å². The van der Waals surface area contributed by atoms with E-state index in [2.05, 4.69) is 38.7 Å². The van der Waals surface area contributed by atoms with E-state index in [1.165, 1.54) is 24.0 Å². The van der Waals surface area contributed by atoms with E-state index in [9.17, 15) is 4.79 Å². The van der Waals surface area contributed by atoms with Gasteiger partial charge in [-0.2, -0.15) is 0 Å². The smallest absolute Gasteiger partial charge is 0.255 e. The van der Waals surface area contributed by atoms with Crippen molar-refractivity contribution in [3.8, 4) is 0 Å². The molecule has 4 rings (SSSR count). The monoisotopic (exact) mass is 394 g/mol. The first kappa shape index (κ1) is 20.5. The van der Waals surface area contributed by atoms with Gasteiger partial charge in [-0.3, -0.25) is 4.79 Å². The van der Waals surface area contributed by atoms with Gasteiger partial charge in [-0.05, 0) is 41.7 Å². The maximum absolute atomic E-state index is 12.6. The van der Waals surface area contributed by atoms with Crippen molar-refractivity contribution >= 4 is 36.5 Å². The van der Waals surface area contributed by atoms with Crippen LogP contribution in [0.1, 0.15) is 39.9 Å². The number of fused-ring (bicyclic) bond motifs is 1. The Bertz CT molecular complexity index is 763. The molecule has 1 saturated heterocycles. The molecule has 0 saturated carbocycles. The Morgan fingerprint density at radius 1 is 1.12 bits per heavy atom. The molecule has 1 fully saturated rings. The van der Waals surface area contributed by atoms with Crippen molar-refractivity contribution in [2.45, 2.75) is 32.5 Å². The SMILES string of the molecule is Cl.Cl.O=C(NCc1ccc2c(c1)CNC2)c1cccnc1N1CCCC1. The van der Waals surface area contributed by atoms with Crippen molar-refractivity contribution in [1.82, 2.24) is 15.6 Å². The summed E-state index contributed by atoms with van der Waals surface area (Å²) in [5, 5.41) is 6.39. The lowest BCUT2D eigenvalue weighted by molar-refractivity contribution is 0.0951. The van der Waals surface area contributed by atoms with Crippen LogP contribution in [-0.4, -0.2) is 24.0 Å². The summed E-state index contributed by atoms with van der Waals surface area (Å²) in [6.45, 7) is 4.36. The summed E-state index contributed by atoms with van der Waals surface area (Å²) in [6, 6.07) is 10.1. The van der Waals surface area contributed by atoms with Gasteiger partial charge in [0.05, 0.1) is 5.56 Å². The summed E-state index contributed by atoms with van der Waals surface area (Å²) < 4.78 is 0. The quantitative estimate of drug-likeness (QED) is 0.836. The van der Waals surface area contributed by atoms with Gasteiger partial charge in [0.25, 0.3) is 5.91 Å². The minimum absolute atomic E-state index is 0. The number of rotatable bonds is 4. The molecule has 1 amide bonds. The fraction of sp³-hybridized carbons (Fsp3) is 0.368. The molecule has 0 spiro atoms. The number of nitrogens with one attached hydrogen (secondary N) is 2. The van der Waals surface area contributed by atoms with Crippen LogP contribution in [0.3, 0.4) is 0 Å². The summed E-state index contributed by atoms with van der Waals surface area (Å²) in [7, 11) is 0. The number of benzene rings is 1. The zero-order chi connectivity index (χ0) is 16.4. The van der Waals surface area contributed by atoms with Crippen LogP contribution in [0.15, 0.2) is 36.5 Å². The molecule has 2 aliphatic heterocycles. The van der Waals surface area contributed by atoms with Crippen molar-refractivity contribution < 1.29 is 4.79 Å². The van der Waals surface area contributed by atoms with Crippen LogP contribution in [-0.2, 0) is 19.6 Å². The summed E-state index contributed by atoms with van der Waals surface area (Å²) >= 11 is 0. The summed E-state index contributed by atoms with van der Waals surface area (Å²) in [6.07, 6.45) is 4.10. The van der Waals surface area contributed by atoms with E-state index < -0.39 is 0 Å². The Kier molecular flexibility index (Phi) is 7.26. The fourth-order valence-electron chi connectivity index (χ4n) is 3.49. The van der Waals surface area contributed by atoms with Gasteiger partial charge in [0.1, 0.15) is 5.82 Å². The Balaban J connectivity index is 0.00000121. The van der Waals surface area contributed by atoms with Gasteiger partial charge >= 0.3 is 0 Å². The third kappa shape index (κ3) is 4.29. The predicted molar refractivity (Wildman–Crippen MR) is 108 cm³/mol. The van der Waals surface area contributed by atoms with E-state index in [1.807, 2.05) is 12.1 Å². The first-order chi connectivity index (χ1) is 11.8. The van der Waals surface area contributed by atoms with E-state index in [4.69, 9.17) is 0 Å². The molecular weight excluding hydrogens is 371 g/mol. The highest BCUT2D eigenvalue weighted by atomic mass is 35.5. The van der Waals surface area contributed by atoms with E-state index in [0.717, 1.165) is 37.6 Å². The molecule has 140 valence electrons. The second-order valence-corrected chi connectivity index (χ2v) is 6.46. The van der Waals surface area contributed by atoms with E-state index in [1.54, 1.807) is 6.20 Å². The number of halogens is 2. The maximum atomic E-state index is 12.6. The minimum Gasteiger partial charge on any atom is -0.356 e. The average molecular weight is 395 g/mol. The number of pyridine rings is 1. The average Bonchev–Trinajstić information content (AvgIpc) is 3.30. The van der Waals surface area contributed by atoms with Crippen LogP contribution in [0, 0.1) is 0 Å². The van der Waals surface area contributed by atoms with Gasteiger partial charge in [0, 0.05) is 38.9 Å². The van der Waals surface area contributed by atoms with Gasteiger partial charge in [-0.25, -0.2) is 4.98 Å². The van der Waals surface area contributed by atoms with Gasteiger partial charge in [-0.1, -0.05) is 18.2 Å². The molecule has 3 heterocycles. The van der Waals surface area contributed by atoms with Crippen LogP contribution >= 0.6 is 24.8 Å². The topological polar surface area (TPSA) is 57.3 Å². The molecule has 5 nitrogen and oxygen atoms in total. The molecule has 1 aromatic heterocycles. The second kappa shape index (κ2) is 9.21. The van der Waals surface area contributed by atoms with Gasteiger partial charge in [0.15, 0.2) is 0 Å². The van der Waals surface area contributed by atoms with Crippen LogP contribution in [0.5, 0.6) is 0 Å². The third-order valence-corrected chi connectivity index (χ3v) is 4.79. The summed E-state index contributed by atoms with van der Waals surface area (Å²) in [5.74, 6) is 0.759. The Hall–Kier alpha value is -1.82. The second-order valence-electron chi connectivity index (χ2n) is 6.46. The molecule has 7 heteroatoms. The van der Waals surface area contributed by atoms with Crippen molar-refractivity contribution in [3.63, 3.8) is 0 Å². The number of nitrogens with zero attached hydrogens (tertiary/aromatic N) is 2. The van der Waals surface area contributed by atoms with Crippen LogP contribution in [0.25, 0.3) is 0 Å².